The van der Waals surface area contributed by atoms with Crippen molar-refractivity contribution >= 4 is 21.9 Å². The number of carbonyl (C=O) groups is 1. The molecule has 0 heterocycles. The van der Waals surface area contributed by atoms with E-state index in [1.165, 1.54) is 0 Å². The topological polar surface area (TPSA) is 38.8 Å². The Kier molecular flexibility index (Phi) is 6.87. The fourth-order valence-corrected chi connectivity index (χ4v) is 2.16. The highest BCUT2D eigenvalue weighted by atomic mass is 79.9. The van der Waals surface area contributed by atoms with Crippen LogP contribution in [-0.4, -0.2) is 38.2 Å². The number of carbonyl (C=O) groups excluding carboxylic acids is 1. The molecule has 0 aliphatic heterocycles. The largest absolute Gasteiger partial charge is 0.496 e. The molecule has 5 heteroatoms. The van der Waals surface area contributed by atoms with E-state index >= 15 is 0 Å². The van der Waals surface area contributed by atoms with Crippen LogP contribution in [0.3, 0.4) is 0 Å². The van der Waals surface area contributed by atoms with E-state index in [0.29, 0.717) is 19.6 Å². The van der Waals surface area contributed by atoms with Crippen LogP contribution in [0.5, 0.6) is 5.75 Å². The normalized spacial score (nSPS) is 10.6. The zero-order chi connectivity index (χ0) is 14.3. The van der Waals surface area contributed by atoms with E-state index in [0.717, 1.165) is 22.3 Å². The van der Waals surface area contributed by atoms with Crippen LogP contribution in [0.25, 0.3) is 0 Å². The average Bonchev–Trinajstić information content (AvgIpc) is 2.37. The van der Waals surface area contributed by atoms with Crippen LogP contribution < -0.4 is 4.74 Å². The van der Waals surface area contributed by atoms with E-state index < -0.39 is 0 Å². The van der Waals surface area contributed by atoms with E-state index in [1.807, 2.05) is 32.2 Å². The van der Waals surface area contributed by atoms with Crippen molar-refractivity contribution < 1.29 is 14.3 Å². The standard InChI is InChI=1S/C14H20BrNO3/c1-4-19-14(17)7-8-16(2)10-11-9-12(15)5-6-13(11)18-3/h5-6,9H,4,7-8,10H2,1-3H3. The molecule has 0 fully saturated rings. The minimum Gasteiger partial charge on any atom is -0.496 e. The predicted octanol–water partition coefficient (Wildman–Crippen LogP) is 2.84. The number of benzene rings is 1. The Labute approximate surface area is 122 Å². The van der Waals surface area contributed by atoms with Crippen molar-refractivity contribution in [3.63, 3.8) is 0 Å². The van der Waals surface area contributed by atoms with Crippen LogP contribution in [0, 0.1) is 0 Å². The smallest absolute Gasteiger partial charge is 0.307 e. The highest BCUT2D eigenvalue weighted by Gasteiger charge is 2.09. The molecule has 0 aromatic heterocycles. The first kappa shape index (κ1) is 16.0. The molecule has 0 radical (unpaired) electrons. The molecular formula is C14H20BrNO3. The summed E-state index contributed by atoms with van der Waals surface area (Å²) in [5.74, 6) is 0.696. The molecule has 0 bridgehead atoms. The maximum Gasteiger partial charge on any atom is 0.307 e. The van der Waals surface area contributed by atoms with Crippen LogP contribution in [-0.2, 0) is 16.1 Å². The highest BCUT2D eigenvalue weighted by molar-refractivity contribution is 9.10. The molecule has 1 aromatic carbocycles. The Balaban J connectivity index is 2.54. The van der Waals surface area contributed by atoms with Crippen molar-refractivity contribution in [2.24, 2.45) is 0 Å². The molecule has 0 aliphatic rings. The van der Waals surface area contributed by atoms with Gasteiger partial charge in [0.05, 0.1) is 20.1 Å². The molecule has 106 valence electrons. The minimum absolute atomic E-state index is 0.157. The Morgan fingerprint density at radius 1 is 1.42 bits per heavy atom. The first-order valence-electron chi connectivity index (χ1n) is 6.23. The summed E-state index contributed by atoms with van der Waals surface area (Å²) in [5, 5.41) is 0. The van der Waals surface area contributed by atoms with Gasteiger partial charge in [0, 0.05) is 23.1 Å². The predicted molar refractivity (Wildman–Crippen MR) is 78.3 cm³/mol. The molecule has 0 saturated heterocycles. The molecule has 0 saturated carbocycles. The molecule has 19 heavy (non-hydrogen) atoms. The van der Waals surface area contributed by atoms with E-state index in [-0.39, 0.29) is 5.97 Å². The van der Waals surface area contributed by atoms with Crippen LogP contribution in [0.1, 0.15) is 18.9 Å². The third-order valence-electron chi connectivity index (χ3n) is 2.69. The lowest BCUT2D eigenvalue weighted by atomic mass is 10.2. The lowest BCUT2D eigenvalue weighted by Gasteiger charge is -2.18. The van der Waals surface area contributed by atoms with Crippen LogP contribution in [0.4, 0.5) is 0 Å². The molecule has 1 aromatic rings. The summed E-state index contributed by atoms with van der Waals surface area (Å²) in [4.78, 5) is 13.4. The van der Waals surface area contributed by atoms with Gasteiger partial charge in [-0.05, 0) is 32.2 Å². The summed E-state index contributed by atoms with van der Waals surface area (Å²) in [6.45, 7) is 3.63. The van der Waals surface area contributed by atoms with Crippen LogP contribution >= 0.6 is 15.9 Å². The van der Waals surface area contributed by atoms with Crippen LogP contribution in [0.2, 0.25) is 0 Å². The van der Waals surface area contributed by atoms with Crippen molar-refractivity contribution in [1.82, 2.24) is 4.90 Å². The Bertz CT molecular complexity index is 423. The fourth-order valence-electron chi connectivity index (χ4n) is 1.76. The number of hydrogen-bond acceptors (Lipinski definition) is 4. The zero-order valence-electron chi connectivity index (χ0n) is 11.6. The summed E-state index contributed by atoms with van der Waals surface area (Å²) in [6.07, 6.45) is 0.403. The van der Waals surface area contributed by atoms with Gasteiger partial charge in [-0.1, -0.05) is 15.9 Å². The van der Waals surface area contributed by atoms with Gasteiger partial charge in [0.25, 0.3) is 0 Å². The zero-order valence-corrected chi connectivity index (χ0v) is 13.2. The minimum atomic E-state index is -0.157. The molecule has 4 nitrogen and oxygen atoms in total. The van der Waals surface area contributed by atoms with E-state index in [2.05, 4.69) is 20.8 Å². The van der Waals surface area contributed by atoms with Gasteiger partial charge in [-0.25, -0.2) is 0 Å². The number of rotatable bonds is 7. The summed E-state index contributed by atoms with van der Waals surface area (Å²) < 4.78 is 11.3. The molecule has 0 spiro atoms. The van der Waals surface area contributed by atoms with Gasteiger partial charge in [-0.2, -0.15) is 0 Å². The molecule has 0 unspecified atom stereocenters. The van der Waals surface area contributed by atoms with Gasteiger partial charge >= 0.3 is 5.97 Å². The second-order valence-electron chi connectivity index (χ2n) is 4.25. The lowest BCUT2D eigenvalue weighted by Crippen LogP contribution is -2.22. The third-order valence-corrected chi connectivity index (χ3v) is 3.18. The first-order chi connectivity index (χ1) is 9.06. The lowest BCUT2D eigenvalue weighted by molar-refractivity contribution is -0.143. The van der Waals surface area contributed by atoms with Gasteiger partial charge in [-0.3, -0.25) is 4.79 Å². The van der Waals surface area contributed by atoms with Gasteiger partial charge in [-0.15, -0.1) is 0 Å². The quantitative estimate of drug-likeness (QED) is 0.721. The Morgan fingerprint density at radius 2 is 2.16 bits per heavy atom. The molecule has 0 aliphatic carbocycles. The highest BCUT2D eigenvalue weighted by Crippen LogP contribution is 2.24. The number of halogens is 1. The number of ether oxygens (including phenoxy) is 2. The van der Waals surface area contributed by atoms with E-state index in [4.69, 9.17) is 9.47 Å². The van der Waals surface area contributed by atoms with Gasteiger partial charge in [0.1, 0.15) is 5.75 Å². The average molecular weight is 330 g/mol. The second kappa shape index (κ2) is 8.17. The van der Waals surface area contributed by atoms with E-state index in [1.54, 1.807) is 7.11 Å². The van der Waals surface area contributed by atoms with Crippen molar-refractivity contribution in [2.75, 3.05) is 27.3 Å². The Morgan fingerprint density at radius 3 is 2.79 bits per heavy atom. The first-order valence-corrected chi connectivity index (χ1v) is 7.02. The number of nitrogens with zero attached hydrogens (tertiary/aromatic N) is 1. The SMILES string of the molecule is CCOC(=O)CCN(C)Cc1cc(Br)ccc1OC. The third kappa shape index (κ3) is 5.61. The van der Waals surface area contributed by atoms with Gasteiger partial charge in [0.15, 0.2) is 0 Å². The maximum absolute atomic E-state index is 11.3. The summed E-state index contributed by atoms with van der Waals surface area (Å²) >= 11 is 3.45. The number of esters is 1. The number of hydrogen-bond donors (Lipinski definition) is 0. The fraction of sp³-hybridized carbons (Fsp3) is 0.500. The second-order valence-corrected chi connectivity index (χ2v) is 5.16. The van der Waals surface area contributed by atoms with E-state index in [9.17, 15) is 4.79 Å². The summed E-state index contributed by atoms with van der Waals surface area (Å²) in [5.41, 5.74) is 1.09. The van der Waals surface area contributed by atoms with Crippen LogP contribution in [0.15, 0.2) is 22.7 Å². The van der Waals surface area contributed by atoms with Crippen molar-refractivity contribution in [2.45, 2.75) is 19.9 Å². The number of methoxy groups -OCH3 is 1. The monoisotopic (exact) mass is 329 g/mol. The van der Waals surface area contributed by atoms with Crippen molar-refractivity contribution in [1.29, 1.82) is 0 Å². The summed E-state index contributed by atoms with van der Waals surface area (Å²) in [6, 6.07) is 5.90. The van der Waals surface area contributed by atoms with Crippen molar-refractivity contribution in [3.05, 3.63) is 28.2 Å². The molecular weight excluding hydrogens is 310 g/mol. The molecule has 1 rings (SSSR count). The van der Waals surface area contributed by atoms with Gasteiger partial charge < -0.3 is 14.4 Å². The van der Waals surface area contributed by atoms with Gasteiger partial charge in [0.2, 0.25) is 0 Å². The Hall–Kier alpha value is -1.07. The maximum atomic E-state index is 11.3. The summed E-state index contributed by atoms with van der Waals surface area (Å²) in [7, 11) is 3.63. The molecule has 0 N–H and O–H groups in total. The molecule has 0 amide bonds. The molecule has 0 atom stereocenters. The van der Waals surface area contributed by atoms with Crippen molar-refractivity contribution in [3.8, 4) is 5.75 Å².